The fraction of sp³-hybridized carbons (Fsp3) is 0.583. The lowest BCUT2D eigenvalue weighted by molar-refractivity contribution is 0.0672. The van der Waals surface area contributed by atoms with Crippen LogP contribution in [0.5, 0.6) is 0 Å². The summed E-state index contributed by atoms with van der Waals surface area (Å²) in [5, 5.41) is 17.8. The van der Waals surface area contributed by atoms with Crippen LogP contribution in [0.2, 0.25) is 0 Å². The van der Waals surface area contributed by atoms with Crippen molar-refractivity contribution < 1.29 is 15.0 Å². The molecule has 5 nitrogen and oxygen atoms in total. The molecule has 1 amide bonds. The Balaban J connectivity index is 2.88. The van der Waals surface area contributed by atoms with Crippen LogP contribution >= 0.6 is 0 Å². The summed E-state index contributed by atoms with van der Waals surface area (Å²) >= 11 is 0. The highest BCUT2D eigenvalue weighted by Crippen LogP contribution is 2.13. The normalized spacial score (nSPS) is 10.9. The van der Waals surface area contributed by atoms with Crippen molar-refractivity contribution in [2.75, 3.05) is 26.3 Å². The van der Waals surface area contributed by atoms with Crippen molar-refractivity contribution in [1.82, 2.24) is 9.47 Å². The maximum atomic E-state index is 12.2. The molecule has 0 unspecified atom stereocenters. The van der Waals surface area contributed by atoms with Gasteiger partial charge < -0.3 is 19.7 Å². The van der Waals surface area contributed by atoms with Crippen LogP contribution in [0.3, 0.4) is 0 Å². The fourth-order valence-corrected chi connectivity index (χ4v) is 1.74. The number of amides is 1. The number of aliphatic hydroxyl groups excluding tert-OH is 2. The summed E-state index contributed by atoms with van der Waals surface area (Å²) in [5.41, 5.74) is 0.585. The van der Waals surface area contributed by atoms with Crippen molar-refractivity contribution in [2.24, 2.45) is 0 Å². The molecule has 0 aromatic carbocycles. The minimum absolute atomic E-state index is 0.103. The number of aliphatic hydroxyl groups is 2. The van der Waals surface area contributed by atoms with Gasteiger partial charge in [0.05, 0.1) is 13.2 Å². The van der Waals surface area contributed by atoms with Crippen molar-refractivity contribution >= 4 is 5.91 Å². The van der Waals surface area contributed by atoms with Crippen LogP contribution in [0.1, 0.15) is 30.4 Å². The number of aromatic nitrogens is 1. The van der Waals surface area contributed by atoms with Gasteiger partial charge in [-0.15, -0.1) is 0 Å². The highest BCUT2D eigenvalue weighted by atomic mass is 16.3. The molecule has 1 aromatic heterocycles. The van der Waals surface area contributed by atoms with E-state index in [0.717, 1.165) is 0 Å². The van der Waals surface area contributed by atoms with Gasteiger partial charge in [-0.2, -0.15) is 0 Å². The molecule has 1 aromatic rings. The van der Waals surface area contributed by atoms with Gasteiger partial charge in [0.25, 0.3) is 5.91 Å². The van der Waals surface area contributed by atoms with Crippen molar-refractivity contribution in [3.63, 3.8) is 0 Å². The van der Waals surface area contributed by atoms with E-state index in [1.165, 1.54) is 4.90 Å². The maximum absolute atomic E-state index is 12.2. The standard InChI is InChI=1S/C12H20N2O3/c1-10(2)14-5-3-4-11(14)12(17)13(6-8-15)7-9-16/h3-5,10,15-16H,6-9H2,1-2H3. The van der Waals surface area contributed by atoms with E-state index in [4.69, 9.17) is 10.2 Å². The first-order valence-corrected chi connectivity index (χ1v) is 5.79. The predicted octanol–water partition coefficient (Wildman–Crippen LogP) is 0.496. The molecule has 0 saturated heterocycles. The van der Waals surface area contributed by atoms with Crippen LogP contribution in [0.4, 0.5) is 0 Å². The third kappa shape index (κ3) is 3.31. The molecule has 0 bridgehead atoms. The second-order valence-corrected chi connectivity index (χ2v) is 4.13. The highest BCUT2D eigenvalue weighted by Gasteiger charge is 2.18. The molecule has 1 heterocycles. The van der Waals surface area contributed by atoms with Gasteiger partial charge in [-0.1, -0.05) is 0 Å². The van der Waals surface area contributed by atoms with E-state index in [9.17, 15) is 4.79 Å². The van der Waals surface area contributed by atoms with Crippen LogP contribution in [0, 0.1) is 0 Å². The van der Waals surface area contributed by atoms with E-state index in [-0.39, 0.29) is 38.3 Å². The fourth-order valence-electron chi connectivity index (χ4n) is 1.74. The summed E-state index contributed by atoms with van der Waals surface area (Å²) in [4.78, 5) is 13.6. The van der Waals surface area contributed by atoms with Gasteiger partial charge >= 0.3 is 0 Å². The molecular formula is C12H20N2O3. The summed E-state index contributed by atoms with van der Waals surface area (Å²) in [6.07, 6.45) is 1.86. The minimum Gasteiger partial charge on any atom is -0.395 e. The van der Waals surface area contributed by atoms with Gasteiger partial charge in [0.15, 0.2) is 0 Å². The first-order chi connectivity index (χ1) is 8.11. The van der Waals surface area contributed by atoms with Crippen LogP contribution < -0.4 is 0 Å². The average Bonchev–Trinajstić information content (AvgIpc) is 2.76. The number of rotatable bonds is 6. The van der Waals surface area contributed by atoms with E-state index < -0.39 is 0 Å². The first kappa shape index (κ1) is 13.7. The van der Waals surface area contributed by atoms with Gasteiger partial charge in [0.1, 0.15) is 5.69 Å². The van der Waals surface area contributed by atoms with E-state index in [0.29, 0.717) is 5.69 Å². The van der Waals surface area contributed by atoms with Gasteiger partial charge in [-0.3, -0.25) is 4.79 Å². The van der Waals surface area contributed by atoms with E-state index >= 15 is 0 Å². The average molecular weight is 240 g/mol. The smallest absolute Gasteiger partial charge is 0.270 e. The molecule has 0 fully saturated rings. The van der Waals surface area contributed by atoms with E-state index in [2.05, 4.69) is 0 Å². The molecule has 96 valence electrons. The monoisotopic (exact) mass is 240 g/mol. The first-order valence-electron chi connectivity index (χ1n) is 5.79. The number of nitrogens with zero attached hydrogens (tertiary/aromatic N) is 2. The number of carbonyl (C=O) groups excluding carboxylic acids is 1. The lowest BCUT2D eigenvalue weighted by Gasteiger charge is -2.22. The third-order valence-corrected chi connectivity index (χ3v) is 2.58. The molecule has 0 aliphatic heterocycles. The van der Waals surface area contributed by atoms with Gasteiger partial charge in [0, 0.05) is 25.3 Å². The molecule has 2 N–H and O–H groups in total. The molecule has 5 heteroatoms. The quantitative estimate of drug-likeness (QED) is 0.761. The Labute approximate surface area is 101 Å². The Bertz CT molecular complexity index is 354. The molecule has 1 rings (SSSR count). The van der Waals surface area contributed by atoms with Crippen LogP contribution in [-0.4, -0.2) is 51.9 Å². The molecule has 0 aliphatic carbocycles. The molecular weight excluding hydrogens is 220 g/mol. The summed E-state index contributed by atoms with van der Waals surface area (Å²) in [6, 6.07) is 3.78. The predicted molar refractivity (Wildman–Crippen MR) is 64.9 cm³/mol. The van der Waals surface area contributed by atoms with Gasteiger partial charge in [-0.25, -0.2) is 0 Å². The third-order valence-electron chi connectivity index (χ3n) is 2.58. The second kappa shape index (κ2) is 6.42. The van der Waals surface area contributed by atoms with Gasteiger partial charge in [-0.05, 0) is 26.0 Å². The van der Waals surface area contributed by atoms with Crippen LogP contribution in [0.25, 0.3) is 0 Å². The molecule has 0 aliphatic rings. The SMILES string of the molecule is CC(C)n1cccc1C(=O)N(CCO)CCO. The van der Waals surface area contributed by atoms with Crippen molar-refractivity contribution in [3.05, 3.63) is 24.0 Å². The second-order valence-electron chi connectivity index (χ2n) is 4.13. The summed E-state index contributed by atoms with van der Waals surface area (Å²) in [5.74, 6) is -0.160. The largest absolute Gasteiger partial charge is 0.395 e. The zero-order valence-corrected chi connectivity index (χ0v) is 10.3. The lowest BCUT2D eigenvalue weighted by atomic mass is 10.3. The molecule has 0 atom stereocenters. The topological polar surface area (TPSA) is 65.7 Å². The van der Waals surface area contributed by atoms with Gasteiger partial charge in [0.2, 0.25) is 0 Å². The summed E-state index contributed by atoms with van der Waals surface area (Å²) in [7, 11) is 0. The van der Waals surface area contributed by atoms with E-state index in [1.807, 2.05) is 30.7 Å². The molecule has 0 spiro atoms. The van der Waals surface area contributed by atoms with Crippen LogP contribution in [-0.2, 0) is 0 Å². The Morgan fingerprint density at radius 1 is 1.35 bits per heavy atom. The zero-order valence-electron chi connectivity index (χ0n) is 10.3. The molecule has 17 heavy (non-hydrogen) atoms. The maximum Gasteiger partial charge on any atom is 0.270 e. The molecule has 0 saturated carbocycles. The number of hydrogen-bond donors (Lipinski definition) is 2. The Hall–Kier alpha value is -1.33. The molecule has 0 radical (unpaired) electrons. The Kier molecular flexibility index (Phi) is 5.18. The highest BCUT2D eigenvalue weighted by molar-refractivity contribution is 5.92. The van der Waals surface area contributed by atoms with Crippen LogP contribution in [0.15, 0.2) is 18.3 Å². The van der Waals surface area contributed by atoms with Crippen molar-refractivity contribution in [2.45, 2.75) is 19.9 Å². The number of hydrogen-bond acceptors (Lipinski definition) is 3. The Morgan fingerprint density at radius 3 is 2.41 bits per heavy atom. The summed E-state index contributed by atoms with van der Waals surface area (Å²) < 4.78 is 1.88. The van der Waals surface area contributed by atoms with Crippen molar-refractivity contribution in [3.8, 4) is 0 Å². The lowest BCUT2D eigenvalue weighted by Crippen LogP contribution is -2.37. The van der Waals surface area contributed by atoms with E-state index in [1.54, 1.807) is 6.07 Å². The number of carbonyl (C=O) groups is 1. The minimum atomic E-state index is -0.160. The zero-order chi connectivity index (χ0) is 12.8. The Morgan fingerprint density at radius 2 is 1.94 bits per heavy atom. The van der Waals surface area contributed by atoms with Crippen molar-refractivity contribution in [1.29, 1.82) is 0 Å². The summed E-state index contributed by atoms with van der Waals surface area (Å²) in [6.45, 7) is 4.27.